The van der Waals surface area contributed by atoms with Crippen LogP contribution in [0, 0.1) is 5.41 Å². The Morgan fingerprint density at radius 1 is 1.42 bits per heavy atom. The Kier molecular flexibility index (Phi) is 2.78. The molecule has 4 heteroatoms. The van der Waals surface area contributed by atoms with Crippen molar-refractivity contribution in [2.75, 3.05) is 11.9 Å². The minimum absolute atomic E-state index is 0.0578. The van der Waals surface area contributed by atoms with Crippen LogP contribution in [0.25, 0.3) is 0 Å². The Labute approximate surface area is 113 Å². The van der Waals surface area contributed by atoms with Crippen LogP contribution in [0.4, 0.5) is 5.69 Å². The van der Waals surface area contributed by atoms with E-state index >= 15 is 0 Å². The average molecular weight is 260 g/mol. The minimum Gasteiger partial charge on any atom is -0.392 e. The maximum atomic E-state index is 12.4. The summed E-state index contributed by atoms with van der Waals surface area (Å²) in [5.41, 5.74) is 1.90. The summed E-state index contributed by atoms with van der Waals surface area (Å²) in [7, 11) is 0. The average Bonchev–Trinajstić information content (AvgIpc) is 2.82. The maximum Gasteiger partial charge on any atom is 0.229 e. The number of amides is 1. The Morgan fingerprint density at radius 3 is 2.84 bits per heavy atom. The van der Waals surface area contributed by atoms with E-state index in [4.69, 9.17) is 0 Å². The molecular weight excluding hydrogens is 240 g/mol. The summed E-state index contributed by atoms with van der Waals surface area (Å²) in [6, 6.07) is 8.00. The van der Waals surface area contributed by atoms with Crippen molar-refractivity contribution in [3.63, 3.8) is 0 Å². The molecule has 19 heavy (non-hydrogen) atoms. The molecule has 2 aliphatic rings. The monoisotopic (exact) mass is 260 g/mol. The summed E-state index contributed by atoms with van der Waals surface area (Å²) in [5.74, 6) is -0.0628. The van der Waals surface area contributed by atoms with Gasteiger partial charge < -0.3 is 15.7 Å². The van der Waals surface area contributed by atoms with Crippen molar-refractivity contribution in [2.45, 2.75) is 38.3 Å². The molecule has 1 aromatic rings. The van der Waals surface area contributed by atoms with Crippen LogP contribution in [-0.2, 0) is 4.79 Å². The van der Waals surface area contributed by atoms with Crippen LogP contribution in [-0.4, -0.2) is 29.7 Å². The number of hydrogen-bond donors (Lipinski definition) is 3. The van der Waals surface area contributed by atoms with Gasteiger partial charge in [-0.1, -0.05) is 32.0 Å². The third-order valence-electron chi connectivity index (χ3n) is 4.68. The van der Waals surface area contributed by atoms with Gasteiger partial charge in [-0.25, -0.2) is 0 Å². The topological polar surface area (TPSA) is 61.4 Å². The number of aliphatic hydroxyl groups is 1. The van der Waals surface area contributed by atoms with Crippen LogP contribution in [0.1, 0.15) is 31.7 Å². The van der Waals surface area contributed by atoms with Gasteiger partial charge in [0.15, 0.2) is 0 Å². The van der Waals surface area contributed by atoms with E-state index in [9.17, 15) is 9.90 Å². The molecule has 3 atom stereocenters. The summed E-state index contributed by atoms with van der Waals surface area (Å²) < 4.78 is 0. The van der Waals surface area contributed by atoms with Crippen molar-refractivity contribution in [1.29, 1.82) is 0 Å². The number of rotatable bonds is 2. The highest BCUT2D eigenvalue weighted by molar-refractivity contribution is 5.88. The fraction of sp³-hybridized carbons (Fsp3) is 0.533. The number of fused-ring (bicyclic) bond motifs is 1. The Morgan fingerprint density at radius 2 is 2.16 bits per heavy atom. The zero-order valence-corrected chi connectivity index (χ0v) is 11.3. The number of aliphatic hydroxyl groups excluding tert-OH is 1. The zero-order valence-electron chi connectivity index (χ0n) is 11.3. The zero-order chi connectivity index (χ0) is 13.6. The number of benzene rings is 1. The first-order valence-corrected chi connectivity index (χ1v) is 6.81. The van der Waals surface area contributed by atoms with Gasteiger partial charge in [0.05, 0.1) is 12.0 Å². The summed E-state index contributed by atoms with van der Waals surface area (Å²) in [5, 5.41) is 16.1. The lowest BCUT2D eigenvalue weighted by Gasteiger charge is -2.49. The van der Waals surface area contributed by atoms with Crippen LogP contribution in [0.5, 0.6) is 0 Å². The van der Waals surface area contributed by atoms with Crippen LogP contribution in [0.2, 0.25) is 0 Å². The van der Waals surface area contributed by atoms with E-state index in [0.29, 0.717) is 13.0 Å². The van der Waals surface area contributed by atoms with Crippen LogP contribution in [0.15, 0.2) is 24.3 Å². The standard InChI is InChI=1S/C15H20N2O2/c1-15(2)12(7-13(15)18)17-14(19)10-8-16-11-6-4-3-5-9(10)11/h3-6,10,12-13,16,18H,7-8H2,1-2H3,(H,17,19). The van der Waals surface area contributed by atoms with Gasteiger partial charge in [0.2, 0.25) is 5.91 Å². The molecule has 0 aromatic heterocycles. The van der Waals surface area contributed by atoms with Gasteiger partial charge in [0.1, 0.15) is 0 Å². The van der Waals surface area contributed by atoms with Crippen LogP contribution in [0.3, 0.4) is 0 Å². The van der Waals surface area contributed by atoms with Gasteiger partial charge in [-0.3, -0.25) is 4.79 Å². The molecule has 1 saturated carbocycles. The van der Waals surface area contributed by atoms with Gasteiger partial charge >= 0.3 is 0 Å². The van der Waals surface area contributed by atoms with Gasteiger partial charge in [-0.05, 0) is 18.1 Å². The molecule has 1 aromatic carbocycles. The molecule has 1 amide bonds. The molecule has 3 N–H and O–H groups in total. The lowest BCUT2D eigenvalue weighted by Crippen LogP contribution is -2.61. The predicted octanol–water partition coefficient (Wildman–Crippen LogP) is 1.47. The SMILES string of the molecule is CC1(C)C(O)CC1NC(=O)C1CNc2ccccc21. The summed E-state index contributed by atoms with van der Waals surface area (Å²) in [4.78, 5) is 12.4. The van der Waals surface area contributed by atoms with E-state index in [1.165, 1.54) is 0 Å². The molecule has 0 spiro atoms. The number of carbonyl (C=O) groups is 1. The molecule has 1 aliphatic heterocycles. The van der Waals surface area contributed by atoms with Crippen molar-refractivity contribution in [1.82, 2.24) is 5.32 Å². The van der Waals surface area contributed by atoms with Gasteiger partial charge in [-0.15, -0.1) is 0 Å². The molecule has 1 aliphatic carbocycles. The Hall–Kier alpha value is -1.55. The molecule has 3 unspecified atom stereocenters. The Bertz CT molecular complexity index is 513. The fourth-order valence-corrected chi connectivity index (χ4v) is 2.94. The Balaban J connectivity index is 1.70. The maximum absolute atomic E-state index is 12.4. The lowest BCUT2D eigenvalue weighted by atomic mass is 9.64. The normalized spacial score (nSPS) is 31.0. The van der Waals surface area contributed by atoms with Gasteiger partial charge in [0.25, 0.3) is 0 Å². The summed E-state index contributed by atoms with van der Waals surface area (Å²) in [6.07, 6.45) is 0.340. The molecule has 0 saturated heterocycles. The van der Waals surface area contributed by atoms with Crippen molar-refractivity contribution < 1.29 is 9.90 Å². The number of para-hydroxylation sites is 1. The first-order chi connectivity index (χ1) is 9.00. The molecule has 3 rings (SSSR count). The molecule has 1 fully saturated rings. The highest BCUT2D eigenvalue weighted by atomic mass is 16.3. The van der Waals surface area contributed by atoms with Gasteiger partial charge in [0, 0.05) is 23.7 Å². The van der Waals surface area contributed by atoms with Crippen molar-refractivity contribution >= 4 is 11.6 Å². The van der Waals surface area contributed by atoms with E-state index in [-0.39, 0.29) is 29.4 Å². The third kappa shape index (κ3) is 1.91. The van der Waals surface area contributed by atoms with Crippen molar-refractivity contribution in [3.05, 3.63) is 29.8 Å². The number of carbonyl (C=O) groups excluding carboxylic acids is 1. The van der Waals surface area contributed by atoms with Crippen molar-refractivity contribution in [3.8, 4) is 0 Å². The summed E-state index contributed by atoms with van der Waals surface area (Å²) in [6.45, 7) is 4.64. The molecule has 102 valence electrons. The first kappa shape index (κ1) is 12.5. The summed E-state index contributed by atoms with van der Waals surface area (Å²) >= 11 is 0. The van der Waals surface area contributed by atoms with E-state index in [2.05, 4.69) is 10.6 Å². The van der Waals surface area contributed by atoms with Crippen LogP contribution < -0.4 is 10.6 Å². The first-order valence-electron chi connectivity index (χ1n) is 6.81. The van der Waals surface area contributed by atoms with Gasteiger partial charge in [-0.2, -0.15) is 0 Å². The van der Waals surface area contributed by atoms with E-state index in [1.807, 2.05) is 38.1 Å². The third-order valence-corrected chi connectivity index (χ3v) is 4.68. The minimum atomic E-state index is -0.313. The van der Waals surface area contributed by atoms with E-state index in [1.54, 1.807) is 0 Å². The van der Waals surface area contributed by atoms with E-state index in [0.717, 1.165) is 11.3 Å². The quantitative estimate of drug-likeness (QED) is 0.754. The second-order valence-electron chi connectivity index (χ2n) is 6.15. The van der Waals surface area contributed by atoms with Crippen molar-refractivity contribution in [2.24, 2.45) is 5.41 Å². The number of hydrogen-bond acceptors (Lipinski definition) is 3. The highest BCUT2D eigenvalue weighted by Gasteiger charge is 2.48. The highest BCUT2D eigenvalue weighted by Crippen LogP contribution is 2.41. The smallest absolute Gasteiger partial charge is 0.229 e. The molecule has 0 bridgehead atoms. The predicted molar refractivity (Wildman–Crippen MR) is 74.0 cm³/mol. The molecular formula is C15H20N2O2. The number of anilines is 1. The molecule has 1 heterocycles. The fourth-order valence-electron chi connectivity index (χ4n) is 2.94. The second kappa shape index (κ2) is 4.23. The largest absolute Gasteiger partial charge is 0.392 e. The van der Waals surface area contributed by atoms with E-state index < -0.39 is 0 Å². The lowest BCUT2D eigenvalue weighted by molar-refractivity contribution is -0.130. The molecule has 4 nitrogen and oxygen atoms in total. The molecule has 0 radical (unpaired) electrons. The van der Waals surface area contributed by atoms with Crippen LogP contribution >= 0.6 is 0 Å². The second-order valence-corrected chi connectivity index (χ2v) is 6.15. The number of nitrogens with one attached hydrogen (secondary N) is 2.